The molecule has 0 unspecified atom stereocenters. The highest BCUT2D eigenvalue weighted by atomic mass is 16.5. The van der Waals surface area contributed by atoms with Gasteiger partial charge in [0.15, 0.2) is 0 Å². The summed E-state index contributed by atoms with van der Waals surface area (Å²) in [6.45, 7) is 6.17. The number of rotatable bonds is 6. The molecule has 6 heteroatoms. The van der Waals surface area contributed by atoms with E-state index in [0.717, 1.165) is 32.6 Å². The molecule has 0 aromatic carbocycles. The van der Waals surface area contributed by atoms with Gasteiger partial charge in [-0.1, -0.05) is 0 Å². The molecular weight excluding hydrogens is 306 g/mol. The van der Waals surface area contributed by atoms with Gasteiger partial charge in [-0.2, -0.15) is 0 Å². The lowest BCUT2D eigenvalue weighted by Gasteiger charge is -2.41. The molecule has 24 heavy (non-hydrogen) atoms. The molecule has 2 fully saturated rings. The number of methoxy groups -OCH3 is 1. The molecule has 2 aliphatic rings. The van der Waals surface area contributed by atoms with Gasteiger partial charge in [-0.25, -0.2) is 0 Å². The zero-order valence-corrected chi connectivity index (χ0v) is 14.6. The summed E-state index contributed by atoms with van der Waals surface area (Å²) >= 11 is 0. The average molecular weight is 333 g/mol. The summed E-state index contributed by atoms with van der Waals surface area (Å²) in [6.07, 6.45) is 4.79. The summed E-state index contributed by atoms with van der Waals surface area (Å²) in [6, 6.07) is 4.32. The van der Waals surface area contributed by atoms with Crippen LogP contribution in [0.5, 0.6) is 0 Å². The first kappa shape index (κ1) is 17.3. The predicted octanol–water partition coefficient (Wildman–Crippen LogP) is 1.17. The molecule has 3 heterocycles. The number of hydrogen-bond donors (Lipinski definition) is 0. The van der Waals surface area contributed by atoms with Gasteiger partial charge < -0.3 is 14.4 Å². The zero-order chi connectivity index (χ0) is 16.9. The topological polar surface area (TPSA) is 54.9 Å². The Bertz CT molecular complexity index is 540. The van der Waals surface area contributed by atoms with Crippen molar-refractivity contribution >= 4 is 5.91 Å². The molecule has 1 aromatic heterocycles. The maximum Gasteiger partial charge on any atom is 0.248 e. The third-order valence-corrected chi connectivity index (χ3v) is 5.15. The third-order valence-electron chi connectivity index (χ3n) is 5.15. The van der Waals surface area contributed by atoms with Crippen LogP contribution in [0.25, 0.3) is 0 Å². The Morgan fingerprint density at radius 1 is 1.33 bits per heavy atom. The van der Waals surface area contributed by atoms with Crippen LogP contribution in [-0.4, -0.2) is 72.8 Å². The van der Waals surface area contributed by atoms with Gasteiger partial charge in [0.1, 0.15) is 6.61 Å². The molecule has 0 saturated carbocycles. The maximum atomic E-state index is 12.5. The van der Waals surface area contributed by atoms with Gasteiger partial charge >= 0.3 is 0 Å². The van der Waals surface area contributed by atoms with Gasteiger partial charge in [0.2, 0.25) is 5.91 Å². The number of carbonyl (C=O) groups is 1. The third kappa shape index (κ3) is 3.77. The molecule has 2 aliphatic heterocycles. The summed E-state index contributed by atoms with van der Waals surface area (Å²) < 4.78 is 11.0. The van der Waals surface area contributed by atoms with Crippen molar-refractivity contribution in [2.45, 2.75) is 32.0 Å². The van der Waals surface area contributed by atoms with Crippen LogP contribution in [0.15, 0.2) is 24.5 Å². The minimum atomic E-state index is 0.104. The van der Waals surface area contributed by atoms with Crippen molar-refractivity contribution in [3.05, 3.63) is 30.1 Å². The van der Waals surface area contributed by atoms with Crippen LogP contribution in [0.1, 0.15) is 18.9 Å². The van der Waals surface area contributed by atoms with E-state index in [4.69, 9.17) is 9.47 Å². The molecule has 1 amide bonds. The van der Waals surface area contributed by atoms with E-state index < -0.39 is 0 Å². The van der Waals surface area contributed by atoms with Crippen LogP contribution in [0.4, 0.5) is 0 Å². The lowest BCUT2D eigenvalue weighted by Crippen LogP contribution is -2.54. The molecule has 3 rings (SSSR count). The Balaban J connectivity index is 1.68. The van der Waals surface area contributed by atoms with Crippen molar-refractivity contribution in [2.75, 3.05) is 40.0 Å². The quantitative estimate of drug-likeness (QED) is 0.782. The van der Waals surface area contributed by atoms with E-state index in [1.165, 1.54) is 5.56 Å². The van der Waals surface area contributed by atoms with E-state index in [1.54, 1.807) is 7.11 Å². The lowest BCUT2D eigenvalue weighted by atomic mass is 9.89. The van der Waals surface area contributed by atoms with Crippen LogP contribution < -0.4 is 0 Å². The summed E-state index contributed by atoms with van der Waals surface area (Å²) in [7, 11) is 1.78. The van der Waals surface area contributed by atoms with Crippen molar-refractivity contribution in [3.63, 3.8) is 0 Å². The number of hydrogen-bond acceptors (Lipinski definition) is 5. The van der Waals surface area contributed by atoms with Crippen LogP contribution in [0, 0.1) is 5.92 Å². The fourth-order valence-corrected chi connectivity index (χ4v) is 3.99. The average Bonchev–Trinajstić information content (AvgIpc) is 3.03. The number of aromatic nitrogens is 1. The fourth-order valence-electron chi connectivity index (χ4n) is 3.99. The SMILES string of the molecule is CCOCC(=O)N1CC[C@@H](OC)[C@H]2CN(Cc3ccncc3)C[C@H]21. The van der Waals surface area contributed by atoms with Crippen molar-refractivity contribution in [1.82, 2.24) is 14.8 Å². The number of ether oxygens (including phenoxy) is 2. The Labute approximate surface area is 143 Å². The normalized spacial score (nSPS) is 27.2. The molecule has 6 nitrogen and oxygen atoms in total. The minimum absolute atomic E-state index is 0.104. The van der Waals surface area contributed by atoms with Gasteiger partial charge in [0, 0.05) is 58.2 Å². The van der Waals surface area contributed by atoms with Crippen molar-refractivity contribution in [1.29, 1.82) is 0 Å². The van der Waals surface area contributed by atoms with Gasteiger partial charge in [-0.05, 0) is 31.0 Å². The van der Waals surface area contributed by atoms with E-state index in [9.17, 15) is 4.79 Å². The molecule has 0 spiro atoms. The molecule has 3 atom stereocenters. The van der Waals surface area contributed by atoms with Gasteiger partial charge in [-0.3, -0.25) is 14.7 Å². The van der Waals surface area contributed by atoms with Crippen LogP contribution in [-0.2, 0) is 20.8 Å². The molecule has 132 valence electrons. The summed E-state index contributed by atoms with van der Waals surface area (Å²) in [4.78, 5) is 21.0. The molecule has 0 bridgehead atoms. The molecular formula is C18H27N3O3. The number of nitrogens with zero attached hydrogens (tertiary/aromatic N) is 3. The van der Waals surface area contributed by atoms with Crippen molar-refractivity contribution in [3.8, 4) is 0 Å². The van der Waals surface area contributed by atoms with E-state index in [0.29, 0.717) is 12.5 Å². The highest BCUT2D eigenvalue weighted by molar-refractivity contribution is 5.78. The van der Waals surface area contributed by atoms with Crippen LogP contribution >= 0.6 is 0 Å². The summed E-state index contributed by atoms with van der Waals surface area (Å²) in [5.41, 5.74) is 1.25. The Hall–Kier alpha value is -1.50. The number of piperidine rings is 1. The number of fused-ring (bicyclic) bond motifs is 1. The number of carbonyl (C=O) groups excluding carboxylic acids is 1. The first-order valence-corrected chi connectivity index (χ1v) is 8.74. The van der Waals surface area contributed by atoms with E-state index in [2.05, 4.69) is 9.88 Å². The second-order valence-electron chi connectivity index (χ2n) is 6.57. The summed E-state index contributed by atoms with van der Waals surface area (Å²) in [5.74, 6) is 0.475. The smallest absolute Gasteiger partial charge is 0.248 e. The Morgan fingerprint density at radius 3 is 2.83 bits per heavy atom. The highest BCUT2D eigenvalue weighted by Crippen LogP contribution is 2.33. The number of likely N-dealkylation sites (tertiary alicyclic amines) is 2. The number of pyridine rings is 1. The van der Waals surface area contributed by atoms with Crippen molar-refractivity contribution in [2.24, 2.45) is 5.92 Å². The highest BCUT2D eigenvalue weighted by Gasteiger charge is 2.45. The first-order valence-electron chi connectivity index (χ1n) is 8.74. The van der Waals surface area contributed by atoms with Crippen molar-refractivity contribution < 1.29 is 14.3 Å². The summed E-state index contributed by atoms with van der Waals surface area (Å²) in [5, 5.41) is 0. The fraction of sp³-hybridized carbons (Fsp3) is 0.667. The second kappa shape index (κ2) is 8.05. The minimum Gasteiger partial charge on any atom is -0.381 e. The largest absolute Gasteiger partial charge is 0.381 e. The van der Waals surface area contributed by atoms with Gasteiger partial charge in [0.05, 0.1) is 12.1 Å². The second-order valence-corrected chi connectivity index (χ2v) is 6.57. The zero-order valence-electron chi connectivity index (χ0n) is 14.6. The monoisotopic (exact) mass is 333 g/mol. The van der Waals surface area contributed by atoms with Crippen LogP contribution in [0.2, 0.25) is 0 Å². The number of amides is 1. The molecule has 1 aromatic rings. The van der Waals surface area contributed by atoms with E-state index >= 15 is 0 Å². The Morgan fingerprint density at radius 2 is 2.12 bits per heavy atom. The predicted molar refractivity (Wildman–Crippen MR) is 90.4 cm³/mol. The van der Waals surface area contributed by atoms with Crippen LogP contribution in [0.3, 0.4) is 0 Å². The Kier molecular flexibility index (Phi) is 5.81. The molecule has 0 N–H and O–H groups in total. The van der Waals surface area contributed by atoms with E-state index in [-0.39, 0.29) is 24.7 Å². The maximum absolute atomic E-state index is 12.5. The van der Waals surface area contributed by atoms with E-state index in [1.807, 2.05) is 36.4 Å². The molecule has 0 radical (unpaired) electrons. The standard InChI is InChI=1S/C18H27N3O3/c1-3-24-13-18(22)21-9-6-17(23-2)15-11-20(12-16(15)21)10-14-4-7-19-8-5-14/h4-5,7-8,15-17H,3,6,9-13H2,1-2H3/t15-,16+,17+/m0/s1. The van der Waals surface area contributed by atoms with Gasteiger partial charge in [0.25, 0.3) is 0 Å². The molecule has 0 aliphatic carbocycles. The first-order chi connectivity index (χ1) is 11.7. The van der Waals surface area contributed by atoms with Gasteiger partial charge in [-0.15, -0.1) is 0 Å². The lowest BCUT2D eigenvalue weighted by molar-refractivity contribution is -0.143. The molecule has 2 saturated heterocycles.